The van der Waals surface area contributed by atoms with Gasteiger partial charge in [0.05, 0.1) is 0 Å². The Morgan fingerprint density at radius 3 is 2.53 bits per heavy atom. The molecule has 1 amide bonds. The highest BCUT2D eigenvalue weighted by atomic mass is 32.1. The second-order valence-electron chi connectivity index (χ2n) is 7.43. The molecule has 8 heteroatoms. The van der Waals surface area contributed by atoms with Crippen molar-refractivity contribution in [2.45, 2.75) is 19.3 Å². The molecule has 0 radical (unpaired) electrons. The van der Waals surface area contributed by atoms with Crippen LogP contribution in [0.2, 0.25) is 0 Å². The lowest BCUT2D eigenvalue weighted by Gasteiger charge is -2.36. The first-order chi connectivity index (χ1) is 14.6. The highest BCUT2D eigenvalue weighted by Crippen LogP contribution is 2.18. The van der Waals surface area contributed by atoms with Gasteiger partial charge in [0.2, 0.25) is 5.91 Å². The number of carbonyl (C=O) groups is 1. The molecule has 6 nitrogen and oxygen atoms in total. The number of hydrogen-bond acceptors (Lipinski definition) is 4. The Labute approximate surface area is 181 Å². The number of anilines is 1. The second kappa shape index (κ2) is 11.0. The number of carbonyl (C=O) groups excluding carboxylic acids is 1. The minimum atomic E-state index is -0.231. The molecule has 1 fully saturated rings. The van der Waals surface area contributed by atoms with Crippen LogP contribution in [-0.2, 0) is 4.79 Å². The molecule has 0 aliphatic carbocycles. The van der Waals surface area contributed by atoms with Crippen molar-refractivity contribution in [1.82, 2.24) is 15.5 Å². The maximum atomic E-state index is 13.1. The average Bonchev–Trinajstić information content (AvgIpc) is 3.31. The summed E-state index contributed by atoms with van der Waals surface area (Å²) in [7, 11) is 1.74. The number of hydrogen-bond donors (Lipinski definition) is 2. The summed E-state index contributed by atoms with van der Waals surface area (Å²) in [5.41, 5.74) is 2.31. The molecule has 2 N–H and O–H groups in total. The predicted molar refractivity (Wildman–Crippen MR) is 122 cm³/mol. The van der Waals surface area contributed by atoms with Gasteiger partial charge in [-0.1, -0.05) is 6.92 Å². The molecule has 1 atom stereocenters. The highest BCUT2D eigenvalue weighted by Gasteiger charge is 2.21. The van der Waals surface area contributed by atoms with Gasteiger partial charge in [-0.2, -0.15) is 11.3 Å². The van der Waals surface area contributed by atoms with E-state index in [1.807, 2.05) is 4.90 Å². The van der Waals surface area contributed by atoms with E-state index in [9.17, 15) is 9.18 Å². The van der Waals surface area contributed by atoms with E-state index >= 15 is 0 Å². The maximum absolute atomic E-state index is 13.1. The summed E-state index contributed by atoms with van der Waals surface area (Å²) >= 11 is 1.70. The molecule has 1 aromatic heterocycles. The molecule has 162 valence electrons. The molecule has 1 aliphatic rings. The second-order valence-corrected chi connectivity index (χ2v) is 8.21. The summed E-state index contributed by atoms with van der Waals surface area (Å²) in [5.74, 6) is 1.02. The van der Waals surface area contributed by atoms with E-state index in [1.165, 1.54) is 17.7 Å². The molecule has 2 heterocycles. The molecule has 0 spiro atoms. The van der Waals surface area contributed by atoms with Crippen LogP contribution < -0.4 is 15.5 Å². The van der Waals surface area contributed by atoms with E-state index in [2.05, 4.69) is 44.3 Å². The van der Waals surface area contributed by atoms with Crippen molar-refractivity contribution in [2.75, 3.05) is 51.2 Å². The van der Waals surface area contributed by atoms with Gasteiger partial charge < -0.3 is 20.4 Å². The lowest BCUT2D eigenvalue weighted by molar-refractivity contribution is -0.131. The summed E-state index contributed by atoms with van der Waals surface area (Å²) in [6, 6.07) is 8.66. The van der Waals surface area contributed by atoms with Crippen molar-refractivity contribution in [3.63, 3.8) is 0 Å². The van der Waals surface area contributed by atoms with Crippen LogP contribution in [0.3, 0.4) is 0 Å². The van der Waals surface area contributed by atoms with Crippen LogP contribution in [0.5, 0.6) is 0 Å². The Hall–Kier alpha value is -2.61. The SMILES string of the molecule is CN=C(NCCC(=O)N1CCN(c2ccc(F)cc2)CC1)NCC(C)c1ccsc1. The Morgan fingerprint density at radius 2 is 1.90 bits per heavy atom. The molecule has 30 heavy (non-hydrogen) atoms. The third kappa shape index (κ3) is 6.19. The van der Waals surface area contributed by atoms with Gasteiger partial charge >= 0.3 is 0 Å². The molecule has 3 rings (SSSR count). The summed E-state index contributed by atoms with van der Waals surface area (Å²) in [6.07, 6.45) is 0.428. The fraction of sp³-hybridized carbons (Fsp3) is 0.455. The Bertz CT molecular complexity index is 817. The number of rotatable bonds is 7. The number of piperazine rings is 1. The molecular formula is C22H30FN5OS. The predicted octanol–water partition coefficient (Wildman–Crippen LogP) is 2.89. The minimum absolute atomic E-state index is 0.142. The zero-order valence-electron chi connectivity index (χ0n) is 17.6. The summed E-state index contributed by atoms with van der Waals surface area (Å²) < 4.78 is 13.1. The molecule has 1 aliphatic heterocycles. The van der Waals surface area contributed by atoms with Crippen molar-refractivity contribution in [3.8, 4) is 0 Å². The fourth-order valence-corrected chi connectivity index (χ4v) is 4.24. The quantitative estimate of drug-likeness (QED) is 0.523. The van der Waals surface area contributed by atoms with E-state index in [0.29, 0.717) is 37.9 Å². The summed E-state index contributed by atoms with van der Waals surface area (Å²) in [6.45, 7) is 6.39. The van der Waals surface area contributed by atoms with Crippen molar-refractivity contribution in [1.29, 1.82) is 0 Å². The normalized spacial score (nSPS) is 15.8. The van der Waals surface area contributed by atoms with Crippen LogP contribution in [0, 0.1) is 5.82 Å². The molecule has 2 aromatic rings. The van der Waals surface area contributed by atoms with E-state index in [1.54, 1.807) is 30.5 Å². The molecule has 0 bridgehead atoms. The average molecular weight is 432 g/mol. The topological polar surface area (TPSA) is 60.0 Å². The number of guanidine groups is 1. The number of amides is 1. The van der Waals surface area contributed by atoms with Crippen LogP contribution in [0.1, 0.15) is 24.8 Å². The lowest BCUT2D eigenvalue weighted by Crippen LogP contribution is -2.49. The third-order valence-corrected chi connectivity index (χ3v) is 6.07. The standard InChI is InChI=1S/C22H30FN5OS/c1-17(18-8-14-30-16-18)15-26-22(24-2)25-9-7-21(29)28-12-10-27(11-13-28)20-5-3-19(23)4-6-20/h3-6,8,14,16-17H,7,9-13,15H2,1-2H3,(H2,24,25,26). The molecule has 1 aromatic carbocycles. The van der Waals surface area contributed by atoms with Crippen LogP contribution >= 0.6 is 11.3 Å². The van der Waals surface area contributed by atoms with Crippen LogP contribution in [-0.4, -0.2) is 63.1 Å². The maximum Gasteiger partial charge on any atom is 0.224 e. The van der Waals surface area contributed by atoms with E-state index in [4.69, 9.17) is 0 Å². The highest BCUT2D eigenvalue weighted by molar-refractivity contribution is 7.07. The van der Waals surface area contributed by atoms with Crippen molar-refractivity contribution < 1.29 is 9.18 Å². The first-order valence-corrected chi connectivity index (χ1v) is 11.3. The van der Waals surface area contributed by atoms with Crippen molar-refractivity contribution in [3.05, 3.63) is 52.5 Å². The largest absolute Gasteiger partial charge is 0.368 e. The molecule has 1 saturated heterocycles. The van der Waals surface area contributed by atoms with Crippen molar-refractivity contribution in [2.24, 2.45) is 4.99 Å². The van der Waals surface area contributed by atoms with Crippen LogP contribution in [0.25, 0.3) is 0 Å². The van der Waals surface area contributed by atoms with Crippen molar-refractivity contribution >= 4 is 28.9 Å². The number of halogens is 1. The van der Waals surface area contributed by atoms with E-state index in [-0.39, 0.29) is 11.7 Å². The van der Waals surface area contributed by atoms with Gasteiger partial charge in [-0.05, 0) is 52.6 Å². The van der Waals surface area contributed by atoms with Gasteiger partial charge in [0.1, 0.15) is 5.82 Å². The molecular weight excluding hydrogens is 401 g/mol. The van der Waals surface area contributed by atoms with Crippen LogP contribution in [0.15, 0.2) is 46.1 Å². The molecule has 1 unspecified atom stereocenters. The fourth-order valence-electron chi connectivity index (χ4n) is 3.46. The van der Waals surface area contributed by atoms with Gasteiger partial charge in [-0.15, -0.1) is 0 Å². The molecule has 0 saturated carbocycles. The number of thiophene rings is 1. The van der Waals surface area contributed by atoms with Gasteiger partial charge in [0, 0.05) is 58.4 Å². The number of nitrogens with zero attached hydrogens (tertiary/aromatic N) is 3. The van der Waals surface area contributed by atoms with Gasteiger partial charge in [0.15, 0.2) is 5.96 Å². The van der Waals surface area contributed by atoms with Gasteiger partial charge in [-0.25, -0.2) is 4.39 Å². The number of aliphatic imine (C=N–C) groups is 1. The third-order valence-electron chi connectivity index (χ3n) is 5.37. The van der Waals surface area contributed by atoms with Crippen LogP contribution in [0.4, 0.5) is 10.1 Å². The Morgan fingerprint density at radius 1 is 1.17 bits per heavy atom. The zero-order valence-corrected chi connectivity index (χ0v) is 18.4. The van der Waals surface area contributed by atoms with Gasteiger partial charge in [-0.3, -0.25) is 9.79 Å². The lowest BCUT2D eigenvalue weighted by atomic mass is 10.1. The summed E-state index contributed by atoms with van der Waals surface area (Å²) in [4.78, 5) is 20.9. The van der Waals surface area contributed by atoms with E-state index < -0.39 is 0 Å². The summed E-state index contributed by atoms with van der Waals surface area (Å²) in [5, 5.41) is 10.8. The number of nitrogens with one attached hydrogen (secondary N) is 2. The first kappa shape index (κ1) is 22.1. The Kier molecular flexibility index (Phi) is 8.07. The number of benzene rings is 1. The Balaban J connectivity index is 1.35. The first-order valence-electron chi connectivity index (χ1n) is 10.3. The monoisotopic (exact) mass is 431 g/mol. The smallest absolute Gasteiger partial charge is 0.224 e. The zero-order chi connectivity index (χ0) is 21.3. The van der Waals surface area contributed by atoms with Gasteiger partial charge in [0.25, 0.3) is 0 Å². The minimum Gasteiger partial charge on any atom is -0.368 e. The van der Waals surface area contributed by atoms with E-state index in [0.717, 1.165) is 25.3 Å².